The number of benzene rings is 4. The standard InChI is InChI=1S/C60H67N3O28S.Na/c1-32(64)62-43-48(46(91-92(74,75)76)42(31-80-53(69)38-21-13-8-14-22-38)84-57(43)78-28-27-61-60(73)81-29-37-19-11-7-12-20-37)88-59-52(87-55(71)40-25-17-10-18-26-40)50(86-54(70)39-23-15-9-16-24-39)49(51(90-59)56(72)77-6)89-58-44(63-33(2)65)47(83-36(5)68)45(82-35(4)67)41(85-58)30-79-34(3)66;/h7-26,41-52,57-59H,27-31H2,1-6H3,(H,61,73)(H,62,64)(H,63,65)(H,74,75,76);/q;+1/p-1/t41-,42-,43-,44-,45+,46+,47-,48-,49+,50+,51+,52-,57-,58+,59-;/m1./s1. The van der Waals surface area contributed by atoms with Crippen LogP contribution in [-0.4, -0.2) is 198 Å². The first kappa shape index (κ1) is 74.1. The quantitative estimate of drug-likeness (QED) is 0.0163. The predicted octanol–water partition coefficient (Wildman–Crippen LogP) is -1.36. The van der Waals surface area contributed by atoms with E-state index in [0.29, 0.717) is 5.56 Å². The van der Waals surface area contributed by atoms with Gasteiger partial charge in [0.25, 0.3) is 0 Å². The Morgan fingerprint density at radius 3 is 1.48 bits per heavy atom. The van der Waals surface area contributed by atoms with Crippen molar-refractivity contribution in [2.24, 2.45) is 0 Å². The minimum absolute atomic E-state index is 0. The van der Waals surface area contributed by atoms with Crippen LogP contribution in [0.1, 0.15) is 71.3 Å². The SMILES string of the molecule is COC(=O)[C@H]1O[C@@H](O[C@@H]2[C@@H](NC(C)=O)[C@H](OCCNC(=O)OCc3ccccc3)O[C@H](COC(=O)c3ccccc3)[C@@H]2OS(=O)(=O)[O-])[C@H](OC(=O)c2ccccc2)[C@@H](OC(=O)c2ccccc2)[C@@H]1O[C@@H]1O[C@H](COC(C)=O)[C@H](OC(C)=O)[C@H](OC(C)=O)[C@H]1NC(C)=O.[Na+]. The molecule has 4 aromatic rings. The van der Waals surface area contributed by atoms with Gasteiger partial charge in [0.05, 0.1) is 30.4 Å². The molecule has 0 aromatic heterocycles. The molecule has 3 N–H and O–H groups in total. The first-order valence-corrected chi connectivity index (χ1v) is 29.5. The fourth-order valence-electron chi connectivity index (χ4n) is 9.78. The second kappa shape index (κ2) is 35.3. The summed E-state index contributed by atoms with van der Waals surface area (Å²) in [6.07, 6.45) is -28.6. The van der Waals surface area contributed by atoms with Crippen molar-refractivity contribution in [3.63, 3.8) is 0 Å². The van der Waals surface area contributed by atoms with E-state index in [2.05, 4.69) is 16.0 Å². The van der Waals surface area contributed by atoms with Gasteiger partial charge in [0.2, 0.25) is 22.2 Å². The minimum Gasteiger partial charge on any atom is -0.726 e. The molecule has 3 saturated heterocycles. The van der Waals surface area contributed by atoms with Crippen LogP contribution in [0.5, 0.6) is 0 Å². The van der Waals surface area contributed by atoms with Crippen molar-refractivity contribution in [3.8, 4) is 0 Å². The Bertz CT molecular complexity index is 3320. The van der Waals surface area contributed by atoms with E-state index in [1.54, 1.807) is 48.5 Å². The number of nitrogens with one attached hydrogen (secondary N) is 3. The minimum atomic E-state index is -5.96. The third kappa shape index (κ3) is 21.8. The van der Waals surface area contributed by atoms with E-state index in [9.17, 15) is 60.9 Å². The second-order valence-electron chi connectivity index (χ2n) is 20.4. The number of methoxy groups -OCH3 is 1. The van der Waals surface area contributed by atoms with Crippen molar-refractivity contribution >= 4 is 70.1 Å². The monoisotopic (exact) mass is 1330 g/mol. The molecule has 93 heavy (non-hydrogen) atoms. The number of hydrogen-bond acceptors (Lipinski definition) is 28. The molecule has 3 aliphatic heterocycles. The molecule has 7 rings (SSSR count). The molecule has 496 valence electrons. The van der Waals surface area contributed by atoms with E-state index < -0.39 is 182 Å². The normalized spacial score (nSPS) is 25.7. The van der Waals surface area contributed by atoms with Crippen molar-refractivity contribution in [2.75, 3.05) is 33.5 Å². The fraction of sp³-hybridized carbons (Fsp3) is 0.433. The van der Waals surface area contributed by atoms with Gasteiger partial charge in [-0.2, -0.15) is 0 Å². The molecular weight excluding hydrogens is 1270 g/mol. The summed E-state index contributed by atoms with van der Waals surface area (Å²) >= 11 is 0. The molecule has 3 fully saturated rings. The average Bonchev–Trinajstić information content (AvgIpc) is 0.761. The molecule has 0 bridgehead atoms. The topological polar surface area (TPSA) is 402 Å². The van der Waals surface area contributed by atoms with Gasteiger partial charge in [0.15, 0.2) is 49.4 Å². The van der Waals surface area contributed by atoms with Crippen molar-refractivity contribution in [2.45, 2.75) is 133 Å². The molecule has 15 atom stereocenters. The second-order valence-corrected chi connectivity index (χ2v) is 21.4. The largest absolute Gasteiger partial charge is 1.00 e. The van der Waals surface area contributed by atoms with Gasteiger partial charge in [-0.1, -0.05) is 84.9 Å². The Kier molecular flexibility index (Phi) is 28.1. The third-order valence-corrected chi connectivity index (χ3v) is 14.0. The molecule has 31 nitrogen and oxygen atoms in total. The van der Waals surface area contributed by atoms with Gasteiger partial charge in [-0.05, 0) is 42.0 Å². The van der Waals surface area contributed by atoms with E-state index in [0.717, 1.165) is 41.7 Å². The smallest absolute Gasteiger partial charge is 0.726 e. The maximum absolute atomic E-state index is 14.7. The molecule has 0 aliphatic carbocycles. The predicted molar refractivity (Wildman–Crippen MR) is 304 cm³/mol. The summed E-state index contributed by atoms with van der Waals surface area (Å²) in [5, 5.41) is 7.46. The van der Waals surface area contributed by atoms with Crippen molar-refractivity contribution in [1.29, 1.82) is 0 Å². The zero-order valence-electron chi connectivity index (χ0n) is 51.1. The van der Waals surface area contributed by atoms with Gasteiger partial charge in [-0.25, -0.2) is 32.4 Å². The Balaban J connectivity index is 0.0000137. The zero-order valence-corrected chi connectivity index (χ0v) is 53.9. The van der Waals surface area contributed by atoms with Gasteiger partial charge in [0, 0.05) is 41.2 Å². The van der Waals surface area contributed by atoms with Crippen LogP contribution in [0.25, 0.3) is 0 Å². The van der Waals surface area contributed by atoms with Gasteiger partial charge in [-0.15, -0.1) is 0 Å². The molecular formula is C60H66N3NaO28S. The molecule has 0 saturated carbocycles. The number of ether oxygens (including phenoxy) is 14. The summed E-state index contributed by atoms with van der Waals surface area (Å²) in [6, 6.07) is 26.3. The third-order valence-electron chi connectivity index (χ3n) is 13.6. The maximum Gasteiger partial charge on any atom is 1.00 e. The van der Waals surface area contributed by atoms with E-state index in [1.165, 1.54) is 72.8 Å². The van der Waals surface area contributed by atoms with Crippen LogP contribution >= 0.6 is 0 Å². The molecule has 3 aliphatic rings. The van der Waals surface area contributed by atoms with Crippen molar-refractivity contribution in [1.82, 2.24) is 16.0 Å². The summed E-state index contributed by atoms with van der Waals surface area (Å²) in [6.45, 7) is 2.22. The molecule has 0 unspecified atom stereocenters. The first-order valence-electron chi connectivity index (χ1n) is 28.2. The fourth-order valence-corrected chi connectivity index (χ4v) is 10.3. The average molecular weight is 1330 g/mol. The van der Waals surface area contributed by atoms with Crippen molar-refractivity contribution < 1.29 is 161 Å². The number of carbonyl (C=O) groups is 10. The molecule has 0 radical (unpaired) electrons. The molecule has 3 heterocycles. The summed E-state index contributed by atoms with van der Waals surface area (Å²) in [5.74, 6) is -9.61. The molecule has 4 aromatic carbocycles. The van der Waals surface area contributed by atoms with Crippen LogP contribution in [-0.2, 0) is 116 Å². The van der Waals surface area contributed by atoms with Crippen LogP contribution < -0.4 is 45.5 Å². The Morgan fingerprint density at radius 1 is 0.495 bits per heavy atom. The van der Waals surface area contributed by atoms with Crippen LogP contribution in [0, 0.1) is 0 Å². The maximum atomic E-state index is 14.7. The van der Waals surface area contributed by atoms with E-state index in [4.69, 9.17) is 70.5 Å². The molecule has 0 spiro atoms. The summed E-state index contributed by atoms with van der Waals surface area (Å²) < 4.78 is 127. The van der Waals surface area contributed by atoms with E-state index >= 15 is 0 Å². The molecule has 33 heteroatoms. The molecule has 3 amide bonds. The number of esters is 7. The summed E-state index contributed by atoms with van der Waals surface area (Å²) in [7, 11) is -5.09. The van der Waals surface area contributed by atoms with Gasteiger partial charge in [0.1, 0.15) is 62.4 Å². The first-order chi connectivity index (χ1) is 43.9. The van der Waals surface area contributed by atoms with Gasteiger partial charge < -0.3 is 86.8 Å². The van der Waals surface area contributed by atoms with Crippen LogP contribution in [0.4, 0.5) is 4.79 Å². The summed E-state index contributed by atoms with van der Waals surface area (Å²) in [4.78, 5) is 135. The van der Waals surface area contributed by atoms with Crippen LogP contribution in [0.2, 0.25) is 0 Å². The van der Waals surface area contributed by atoms with Gasteiger partial charge >= 0.3 is 77.4 Å². The Labute approximate surface area is 554 Å². The van der Waals surface area contributed by atoms with Crippen molar-refractivity contribution in [3.05, 3.63) is 144 Å². The number of hydrogen-bond donors (Lipinski definition) is 3. The van der Waals surface area contributed by atoms with Crippen LogP contribution in [0.3, 0.4) is 0 Å². The Morgan fingerprint density at radius 2 is 0.968 bits per heavy atom. The van der Waals surface area contributed by atoms with E-state index in [-0.39, 0.29) is 59.4 Å². The van der Waals surface area contributed by atoms with Gasteiger partial charge in [-0.3, -0.25) is 28.2 Å². The number of amides is 3. The number of alkyl carbamates (subject to hydrolysis) is 1. The van der Waals surface area contributed by atoms with E-state index in [1.807, 2.05) is 0 Å². The Hall–Kier alpha value is -7.99. The zero-order chi connectivity index (χ0) is 66.6. The summed E-state index contributed by atoms with van der Waals surface area (Å²) in [5.41, 5.74) is 0.238. The number of rotatable bonds is 26. The number of carbonyl (C=O) groups excluding carboxylic acids is 10. The van der Waals surface area contributed by atoms with Crippen LogP contribution in [0.15, 0.2) is 121 Å².